The van der Waals surface area contributed by atoms with Gasteiger partial charge < -0.3 is 56.8 Å². The Kier molecular flexibility index (Phi) is 15.0. The smallest absolute Gasteiger partial charge is 0.215 e. The third-order valence-electron chi connectivity index (χ3n) is 8.85. The van der Waals surface area contributed by atoms with Gasteiger partial charge in [-0.25, -0.2) is 0 Å². The minimum absolute atomic E-state index is 0.0797. The predicted octanol–water partition coefficient (Wildman–Crippen LogP) is 1.68. The first-order chi connectivity index (χ1) is 21.7. The molecule has 1 saturated carbocycles. The summed E-state index contributed by atoms with van der Waals surface area (Å²) in [5, 5.41) is 35.6. The van der Waals surface area contributed by atoms with Crippen LogP contribution in [0.25, 0.3) is 0 Å². The van der Waals surface area contributed by atoms with Crippen LogP contribution in [-0.2, 0) is 18.9 Å². The second-order valence-corrected chi connectivity index (χ2v) is 13.5. The maximum absolute atomic E-state index is 11.3. The minimum atomic E-state index is -1.31. The molecule has 0 radical (unpaired) electrons. The summed E-state index contributed by atoms with van der Waals surface area (Å²) in [7, 11) is 1.63. The van der Waals surface area contributed by atoms with Crippen LogP contribution in [0.1, 0.15) is 73.1 Å². The Labute approximate surface area is 274 Å². The normalized spacial score (nSPS) is 37.6. The number of nitrogens with two attached hydrogens (primary N) is 3. The van der Waals surface area contributed by atoms with Crippen molar-refractivity contribution in [3.8, 4) is 0 Å². The van der Waals surface area contributed by atoms with Gasteiger partial charge in [0.1, 0.15) is 35.8 Å². The van der Waals surface area contributed by atoms with Crippen LogP contribution in [-0.4, -0.2) is 108 Å². The van der Waals surface area contributed by atoms with Crippen LogP contribution in [0.5, 0.6) is 0 Å². The predicted molar refractivity (Wildman–Crippen MR) is 180 cm³/mol. The molecule has 12 nitrogen and oxygen atoms in total. The minimum Gasteiger partial charge on any atom is -0.466 e. The molecule has 0 amide bonds. The van der Waals surface area contributed by atoms with Crippen LogP contribution in [0.3, 0.4) is 0 Å². The van der Waals surface area contributed by atoms with Crippen LogP contribution in [0, 0.1) is 0 Å². The van der Waals surface area contributed by atoms with Crippen molar-refractivity contribution in [1.82, 2.24) is 5.32 Å². The van der Waals surface area contributed by atoms with Crippen LogP contribution in [0.4, 0.5) is 0 Å². The summed E-state index contributed by atoms with van der Waals surface area (Å²) in [6.07, 6.45) is 8.92. The topological polar surface area (TPSA) is 200 Å². The molecule has 11 unspecified atom stereocenters. The van der Waals surface area contributed by atoms with Gasteiger partial charge in [-0.3, -0.25) is 4.99 Å². The number of rotatable bonds is 14. The Bertz CT molecular complexity index is 1120. The number of hydrogen-bond donors (Lipinski definition) is 7. The number of nitrogens with one attached hydrogen (secondary N) is 1. The molecule has 3 rings (SSSR count). The molecule has 46 heavy (non-hydrogen) atoms. The van der Waals surface area contributed by atoms with Gasteiger partial charge in [-0.2, -0.15) is 0 Å². The van der Waals surface area contributed by atoms with E-state index >= 15 is 0 Å². The zero-order valence-electron chi connectivity index (χ0n) is 28.5. The van der Waals surface area contributed by atoms with Gasteiger partial charge in [-0.1, -0.05) is 28.9 Å². The van der Waals surface area contributed by atoms with E-state index in [2.05, 4.69) is 50.2 Å². The van der Waals surface area contributed by atoms with Crippen molar-refractivity contribution >= 4 is 6.21 Å². The number of nitrogens with zero attached hydrogens (tertiary/aromatic N) is 1. The van der Waals surface area contributed by atoms with Gasteiger partial charge in [0, 0.05) is 18.3 Å². The summed E-state index contributed by atoms with van der Waals surface area (Å²) in [5.74, 6) is 0.621. The molecule has 262 valence electrons. The number of likely N-dealkylation sites (N-methyl/N-ethyl adjacent to an activating group) is 1. The standard InChI is InChI=1S/C34H59N5O7/c1-20(2)9-7-10-21(3)11-8-12-22(4)15-16-39-18-23-13-14-24(35)32(44-23)45-29-25(36)17-26(37)30(27(29)40)46-33-28(41)31(38-6)34(5,42)19-43-33/h9,11,13,15-16,24-33,38,40-42H,7-8,10,12,14,17-19,35-37H2,1-6H3/b21-11+,22-15+,39-16+. The van der Waals surface area contributed by atoms with Gasteiger partial charge >= 0.3 is 0 Å². The summed E-state index contributed by atoms with van der Waals surface area (Å²) in [6, 6.07) is -2.46. The maximum Gasteiger partial charge on any atom is 0.215 e. The maximum atomic E-state index is 11.3. The summed E-state index contributed by atoms with van der Waals surface area (Å²) < 4.78 is 23.9. The average molecular weight is 650 g/mol. The van der Waals surface area contributed by atoms with Crippen molar-refractivity contribution in [1.29, 1.82) is 0 Å². The van der Waals surface area contributed by atoms with E-state index in [1.807, 2.05) is 12.2 Å². The zero-order chi connectivity index (χ0) is 34.0. The molecule has 10 N–H and O–H groups in total. The zero-order valence-corrected chi connectivity index (χ0v) is 28.5. The van der Waals surface area contributed by atoms with Gasteiger partial charge in [0.2, 0.25) is 6.29 Å². The largest absolute Gasteiger partial charge is 0.466 e. The van der Waals surface area contributed by atoms with Gasteiger partial charge in [0.25, 0.3) is 0 Å². The van der Waals surface area contributed by atoms with Crippen molar-refractivity contribution in [3.63, 3.8) is 0 Å². The lowest BCUT2D eigenvalue weighted by atomic mass is 9.84. The molecule has 0 aromatic rings. The van der Waals surface area contributed by atoms with E-state index < -0.39 is 66.8 Å². The number of aliphatic hydroxyl groups is 3. The van der Waals surface area contributed by atoms with Gasteiger partial charge in [-0.05, 0) is 92.3 Å². The molecular formula is C34H59N5O7. The van der Waals surface area contributed by atoms with E-state index in [0.717, 1.165) is 25.7 Å². The quantitative estimate of drug-likeness (QED) is 0.107. The van der Waals surface area contributed by atoms with Crippen molar-refractivity contribution in [3.05, 3.63) is 46.8 Å². The first-order valence-corrected chi connectivity index (χ1v) is 16.5. The van der Waals surface area contributed by atoms with Crippen LogP contribution in [0.15, 0.2) is 51.8 Å². The Balaban J connectivity index is 1.52. The second kappa shape index (κ2) is 18.0. The Morgan fingerprint density at radius 1 is 0.978 bits per heavy atom. The second-order valence-electron chi connectivity index (χ2n) is 13.5. The fourth-order valence-electron chi connectivity index (χ4n) is 6.05. The molecule has 3 aliphatic rings. The van der Waals surface area contributed by atoms with Crippen molar-refractivity contribution in [2.45, 2.75) is 140 Å². The molecule has 1 aliphatic carbocycles. The van der Waals surface area contributed by atoms with Crippen molar-refractivity contribution in [2.75, 3.05) is 20.2 Å². The summed E-state index contributed by atoms with van der Waals surface area (Å²) in [5.41, 5.74) is 21.7. The van der Waals surface area contributed by atoms with Crippen LogP contribution >= 0.6 is 0 Å². The highest BCUT2D eigenvalue weighted by atomic mass is 16.7. The van der Waals surface area contributed by atoms with Gasteiger partial charge in [0.15, 0.2) is 6.29 Å². The highest BCUT2D eigenvalue weighted by Crippen LogP contribution is 2.31. The molecule has 2 heterocycles. The fourth-order valence-corrected chi connectivity index (χ4v) is 6.05. The number of allylic oxidation sites excluding steroid dienone is 6. The summed E-state index contributed by atoms with van der Waals surface area (Å²) >= 11 is 0. The Morgan fingerprint density at radius 2 is 1.61 bits per heavy atom. The fraction of sp³-hybridized carbons (Fsp3) is 0.735. The first kappa shape index (κ1) is 38.5. The van der Waals surface area contributed by atoms with E-state index in [9.17, 15) is 15.3 Å². The monoisotopic (exact) mass is 649 g/mol. The number of ether oxygens (including phenoxy) is 4. The molecule has 0 aromatic carbocycles. The highest BCUT2D eigenvalue weighted by Gasteiger charge is 2.50. The average Bonchev–Trinajstić information content (AvgIpc) is 2.97. The van der Waals surface area contributed by atoms with Crippen LogP contribution < -0.4 is 22.5 Å². The van der Waals surface area contributed by atoms with E-state index in [1.165, 1.54) is 16.7 Å². The lowest BCUT2D eigenvalue weighted by Crippen LogP contribution is -2.68. The summed E-state index contributed by atoms with van der Waals surface area (Å²) in [6.45, 7) is 10.3. The van der Waals surface area contributed by atoms with E-state index in [4.69, 9.17) is 36.1 Å². The third-order valence-corrected chi connectivity index (χ3v) is 8.85. The van der Waals surface area contributed by atoms with E-state index in [0.29, 0.717) is 18.7 Å². The third kappa shape index (κ3) is 11.0. The Morgan fingerprint density at radius 3 is 2.26 bits per heavy atom. The summed E-state index contributed by atoms with van der Waals surface area (Å²) in [4.78, 5) is 4.50. The van der Waals surface area contributed by atoms with Crippen molar-refractivity contribution < 1.29 is 34.3 Å². The molecule has 2 fully saturated rings. The molecular weight excluding hydrogens is 590 g/mol. The van der Waals surface area contributed by atoms with Gasteiger partial charge in [0.05, 0.1) is 25.2 Å². The number of aliphatic hydroxyl groups excluding tert-OH is 2. The number of aliphatic imine (C=N–C) groups is 1. The molecule has 1 saturated heterocycles. The first-order valence-electron chi connectivity index (χ1n) is 16.5. The molecule has 2 aliphatic heterocycles. The SMILES string of the molecule is CNC1C(O)C(OC2C(N)CC(N)C(OC3OC(C/N=C/C=C(\C)CC/C=C(\C)CCC=C(C)C)=CCC3N)C2O)OCC1(C)O. The lowest BCUT2D eigenvalue weighted by molar-refractivity contribution is -0.303. The molecule has 0 aromatic heterocycles. The van der Waals surface area contributed by atoms with Crippen molar-refractivity contribution in [2.24, 2.45) is 22.2 Å². The van der Waals surface area contributed by atoms with E-state index in [-0.39, 0.29) is 13.0 Å². The molecule has 11 atom stereocenters. The van der Waals surface area contributed by atoms with Gasteiger partial charge in [-0.15, -0.1) is 0 Å². The molecule has 12 heteroatoms. The highest BCUT2D eigenvalue weighted by molar-refractivity contribution is 5.72. The molecule has 0 spiro atoms. The lowest BCUT2D eigenvalue weighted by Gasteiger charge is -2.48. The molecule has 0 bridgehead atoms. The number of hydrogen-bond acceptors (Lipinski definition) is 12. The van der Waals surface area contributed by atoms with E-state index in [1.54, 1.807) is 20.2 Å². The Hall–Kier alpha value is -1.97. The van der Waals surface area contributed by atoms with Crippen LogP contribution in [0.2, 0.25) is 0 Å².